The fraction of sp³-hybridized carbons (Fsp3) is 0.350. The van der Waals surface area contributed by atoms with Gasteiger partial charge in [0.25, 0.3) is 5.91 Å². The zero-order valence-corrected chi connectivity index (χ0v) is 14.7. The van der Waals surface area contributed by atoms with E-state index in [4.69, 9.17) is 5.21 Å². The van der Waals surface area contributed by atoms with E-state index in [9.17, 15) is 9.59 Å². The van der Waals surface area contributed by atoms with Crippen LogP contribution in [0.5, 0.6) is 0 Å². The van der Waals surface area contributed by atoms with E-state index in [1.54, 1.807) is 23.9 Å². The van der Waals surface area contributed by atoms with Crippen molar-refractivity contribution in [2.24, 2.45) is 5.41 Å². The molecule has 4 rings (SSSR count). The Labute approximate surface area is 151 Å². The number of hydroxylamine groups is 1. The smallest absolute Gasteiger partial charge is 0.274 e. The van der Waals surface area contributed by atoms with Gasteiger partial charge in [0.2, 0.25) is 5.91 Å². The normalized spacial score (nSPS) is 21.8. The predicted molar refractivity (Wildman–Crippen MR) is 96.1 cm³/mol. The molecule has 2 aromatic rings. The maximum atomic E-state index is 13.3. The van der Waals surface area contributed by atoms with E-state index in [-0.39, 0.29) is 11.3 Å². The largest absolute Gasteiger partial charge is 0.310 e. The van der Waals surface area contributed by atoms with Crippen molar-refractivity contribution < 1.29 is 14.8 Å². The van der Waals surface area contributed by atoms with Crippen molar-refractivity contribution in [2.75, 3.05) is 11.4 Å². The number of rotatable bonds is 2. The quantitative estimate of drug-likeness (QED) is 0.643. The van der Waals surface area contributed by atoms with Crippen LogP contribution in [-0.4, -0.2) is 28.6 Å². The second-order valence-corrected chi connectivity index (χ2v) is 7.25. The highest BCUT2D eigenvalue weighted by Crippen LogP contribution is 2.45. The second kappa shape index (κ2) is 6.21. The van der Waals surface area contributed by atoms with Crippen LogP contribution in [-0.2, 0) is 17.6 Å². The van der Waals surface area contributed by atoms with Crippen molar-refractivity contribution in [3.05, 3.63) is 58.9 Å². The maximum absolute atomic E-state index is 13.3. The minimum absolute atomic E-state index is 0.177. The zero-order chi connectivity index (χ0) is 18.3. The topological polar surface area (TPSA) is 82.5 Å². The Hall–Kier alpha value is -2.73. The van der Waals surface area contributed by atoms with Crippen molar-refractivity contribution >= 4 is 17.5 Å². The number of hydrogen-bond acceptors (Lipinski definition) is 4. The van der Waals surface area contributed by atoms with Crippen LogP contribution in [0.1, 0.15) is 39.9 Å². The van der Waals surface area contributed by atoms with Gasteiger partial charge < -0.3 is 4.90 Å². The third-order valence-corrected chi connectivity index (χ3v) is 5.79. The number of hydrogen-bond donors (Lipinski definition) is 2. The van der Waals surface area contributed by atoms with Gasteiger partial charge in [-0.15, -0.1) is 0 Å². The van der Waals surface area contributed by atoms with Gasteiger partial charge in [0.15, 0.2) is 0 Å². The van der Waals surface area contributed by atoms with Crippen LogP contribution in [0.4, 0.5) is 5.69 Å². The standard InChI is InChI=1S/C20H21N3O3/c1-13-5-8-21-12-17(13)23-9-7-20(19(23)25)6-4-14-10-15(18(24)22-26)2-3-16(14)11-20/h2-3,5,8,10,12,26H,4,6-7,9,11H2,1H3,(H,22,24)/t20-/m0/s1. The summed E-state index contributed by atoms with van der Waals surface area (Å²) in [7, 11) is 0. The number of nitrogens with one attached hydrogen (secondary N) is 1. The first-order valence-electron chi connectivity index (χ1n) is 8.83. The minimum atomic E-state index is -0.511. The Kier molecular flexibility index (Phi) is 4.00. The summed E-state index contributed by atoms with van der Waals surface area (Å²) in [5.41, 5.74) is 5.89. The van der Waals surface area contributed by atoms with Crippen LogP contribution in [0.2, 0.25) is 0 Å². The van der Waals surface area contributed by atoms with Gasteiger partial charge in [0.1, 0.15) is 0 Å². The Morgan fingerprint density at radius 1 is 1.27 bits per heavy atom. The van der Waals surface area contributed by atoms with Gasteiger partial charge in [-0.05, 0) is 67.5 Å². The molecule has 2 amide bonds. The van der Waals surface area contributed by atoms with E-state index in [0.29, 0.717) is 18.5 Å². The molecule has 134 valence electrons. The summed E-state index contributed by atoms with van der Waals surface area (Å²) < 4.78 is 0. The molecule has 2 aliphatic rings. The van der Waals surface area contributed by atoms with E-state index in [2.05, 4.69) is 4.98 Å². The molecule has 0 saturated carbocycles. The molecule has 0 radical (unpaired) electrons. The lowest BCUT2D eigenvalue weighted by Gasteiger charge is -2.33. The average molecular weight is 351 g/mol. The van der Waals surface area contributed by atoms with E-state index in [1.807, 2.05) is 30.0 Å². The number of nitrogens with zero attached hydrogens (tertiary/aromatic N) is 2. The monoisotopic (exact) mass is 351 g/mol. The fourth-order valence-corrected chi connectivity index (χ4v) is 4.25. The van der Waals surface area contributed by atoms with Crippen LogP contribution in [0, 0.1) is 12.3 Å². The number of benzene rings is 1. The molecule has 6 nitrogen and oxygen atoms in total. The van der Waals surface area contributed by atoms with E-state index < -0.39 is 5.91 Å². The van der Waals surface area contributed by atoms with E-state index in [0.717, 1.165) is 41.6 Å². The van der Waals surface area contributed by atoms with Gasteiger partial charge in [-0.1, -0.05) is 6.07 Å². The number of amides is 2. The molecule has 2 heterocycles. The molecule has 1 spiro atoms. The first-order chi connectivity index (χ1) is 12.5. The molecule has 1 saturated heterocycles. The third-order valence-electron chi connectivity index (χ3n) is 5.79. The second-order valence-electron chi connectivity index (χ2n) is 7.25. The van der Waals surface area contributed by atoms with E-state index in [1.165, 1.54) is 0 Å². The molecule has 1 atom stereocenters. The Morgan fingerprint density at radius 2 is 2.12 bits per heavy atom. The SMILES string of the molecule is Cc1ccncc1N1CC[C@]2(CCc3cc(C(=O)NO)ccc3C2)C1=O. The minimum Gasteiger partial charge on any atom is -0.310 e. The number of carbonyl (C=O) groups excluding carboxylic acids is 2. The molecule has 1 fully saturated rings. The lowest BCUT2D eigenvalue weighted by atomic mass is 9.70. The van der Waals surface area contributed by atoms with Crippen LogP contribution in [0.3, 0.4) is 0 Å². The van der Waals surface area contributed by atoms with Gasteiger partial charge in [0, 0.05) is 18.3 Å². The zero-order valence-electron chi connectivity index (χ0n) is 14.7. The summed E-state index contributed by atoms with van der Waals surface area (Å²) >= 11 is 0. The summed E-state index contributed by atoms with van der Waals surface area (Å²) in [6.45, 7) is 2.71. The molecule has 0 unspecified atom stereocenters. The molecule has 1 aliphatic heterocycles. The summed E-state index contributed by atoms with van der Waals surface area (Å²) in [4.78, 5) is 30.9. The summed E-state index contributed by atoms with van der Waals surface area (Å²) in [6, 6.07) is 7.35. The van der Waals surface area contributed by atoms with Crippen molar-refractivity contribution in [1.29, 1.82) is 0 Å². The Balaban J connectivity index is 1.61. The fourth-order valence-electron chi connectivity index (χ4n) is 4.25. The first kappa shape index (κ1) is 16.7. The van der Waals surface area contributed by atoms with Crippen LogP contribution in [0.25, 0.3) is 0 Å². The van der Waals surface area contributed by atoms with Gasteiger partial charge in [-0.3, -0.25) is 19.8 Å². The summed E-state index contributed by atoms with van der Waals surface area (Å²) in [5.74, 6) is -0.334. The van der Waals surface area contributed by atoms with Crippen molar-refractivity contribution in [3.63, 3.8) is 0 Å². The number of fused-ring (bicyclic) bond motifs is 1. The van der Waals surface area contributed by atoms with Gasteiger partial charge in [0.05, 0.1) is 17.3 Å². The predicted octanol–water partition coefficient (Wildman–Crippen LogP) is 2.42. The lowest BCUT2D eigenvalue weighted by Crippen LogP contribution is -2.39. The van der Waals surface area contributed by atoms with Crippen molar-refractivity contribution in [3.8, 4) is 0 Å². The van der Waals surface area contributed by atoms with Crippen LogP contribution < -0.4 is 10.4 Å². The molecular formula is C20H21N3O3. The summed E-state index contributed by atoms with van der Waals surface area (Å²) in [6.07, 6.45) is 6.57. The molecule has 1 aliphatic carbocycles. The highest BCUT2D eigenvalue weighted by atomic mass is 16.5. The van der Waals surface area contributed by atoms with Crippen molar-refractivity contribution in [2.45, 2.75) is 32.6 Å². The van der Waals surface area contributed by atoms with E-state index >= 15 is 0 Å². The molecule has 6 heteroatoms. The number of anilines is 1. The van der Waals surface area contributed by atoms with Crippen LogP contribution in [0.15, 0.2) is 36.7 Å². The molecule has 26 heavy (non-hydrogen) atoms. The third kappa shape index (κ3) is 2.57. The van der Waals surface area contributed by atoms with Gasteiger partial charge >= 0.3 is 0 Å². The first-order valence-corrected chi connectivity index (χ1v) is 8.83. The molecule has 1 aromatic carbocycles. The maximum Gasteiger partial charge on any atom is 0.274 e. The van der Waals surface area contributed by atoms with Gasteiger partial charge in [-0.25, -0.2) is 5.48 Å². The highest BCUT2D eigenvalue weighted by Gasteiger charge is 2.48. The molecular weight excluding hydrogens is 330 g/mol. The Bertz CT molecular complexity index is 896. The average Bonchev–Trinajstić information content (AvgIpc) is 2.97. The van der Waals surface area contributed by atoms with Crippen LogP contribution >= 0.6 is 0 Å². The lowest BCUT2D eigenvalue weighted by molar-refractivity contribution is -0.126. The number of pyridine rings is 1. The number of carbonyl (C=O) groups is 2. The van der Waals surface area contributed by atoms with Gasteiger partial charge in [-0.2, -0.15) is 0 Å². The molecule has 0 bridgehead atoms. The number of aromatic nitrogens is 1. The molecule has 1 aromatic heterocycles. The summed E-state index contributed by atoms with van der Waals surface area (Å²) in [5, 5.41) is 8.80. The van der Waals surface area contributed by atoms with Crippen molar-refractivity contribution in [1.82, 2.24) is 10.5 Å². The highest BCUT2D eigenvalue weighted by molar-refractivity contribution is 6.00. The Morgan fingerprint density at radius 3 is 2.88 bits per heavy atom. The number of aryl methyl sites for hydroxylation is 2. The molecule has 2 N–H and O–H groups in total.